The molecule has 0 unspecified atom stereocenters. The van der Waals surface area contributed by atoms with E-state index in [9.17, 15) is 0 Å². The average Bonchev–Trinajstić information content (AvgIpc) is 2.60. The number of rotatable bonds is 3. The maximum Gasteiger partial charge on any atom is 0.0426 e. The molecule has 1 aromatic rings. The molecule has 0 spiro atoms. The van der Waals surface area contributed by atoms with Crippen LogP contribution in [0.2, 0.25) is 5.02 Å². The standard InChI is InChI=1S/C14H21ClN2/c15-13-6-5-12(7-8-16)14(11-13)17-9-3-1-2-4-10-17/h5-6,11H,1-4,7-10,16H2. The van der Waals surface area contributed by atoms with Gasteiger partial charge in [0, 0.05) is 23.8 Å². The van der Waals surface area contributed by atoms with E-state index in [1.807, 2.05) is 6.07 Å². The van der Waals surface area contributed by atoms with Crippen LogP contribution in [0.25, 0.3) is 0 Å². The van der Waals surface area contributed by atoms with Gasteiger partial charge in [0.1, 0.15) is 0 Å². The molecular formula is C14H21ClN2. The van der Waals surface area contributed by atoms with Crippen molar-refractivity contribution in [2.75, 3.05) is 24.5 Å². The fourth-order valence-corrected chi connectivity index (χ4v) is 2.68. The van der Waals surface area contributed by atoms with E-state index in [1.54, 1.807) is 0 Å². The molecule has 3 heteroatoms. The summed E-state index contributed by atoms with van der Waals surface area (Å²) in [6.07, 6.45) is 6.21. The summed E-state index contributed by atoms with van der Waals surface area (Å²) in [5.74, 6) is 0. The molecule has 2 nitrogen and oxygen atoms in total. The molecule has 1 aliphatic rings. The van der Waals surface area contributed by atoms with Gasteiger partial charge in [0.25, 0.3) is 0 Å². The van der Waals surface area contributed by atoms with E-state index in [2.05, 4.69) is 17.0 Å². The quantitative estimate of drug-likeness (QED) is 0.895. The van der Waals surface area contributed by atoms with Crippen LogP contribution >= 0.6 is 11.6 Å². The second kappa shape index (κ2) is 6.27. The van der Waals surface area contributed by atoms with Crippen molar-refractivity contribution in [1.82, 2.24) is 0 Å². The van der Waals surface area contributed by atoms with E-state index in [0.29, 0.717) is 6.54 Å². The smallest absolute Gasteiger partial charge is 0.0426 e. The highest BCUT2D eigenvalue weighted by atomic mass is 35.5. The van der Waals surface area contributed by atoms with Gasteiger partial charge >= 0.3 is 0 Å². The van der Waals surface area contributed by atoms with Crippen molar-refractivity contribution in [3.05, 3.63) is 28.8 Å². The molecule has 0 amide bonds. The molecule has 1 fully saturated rings. The lowest BCUT2D eigenvalue weighted by Gasteiger charge is -2.25. The minimum absolute atomic E-state index is 0.697. The van der Waals surface area contributed by atoms with Gasteiger partial charge in [0.05, 0.1) is 0 Å². The molecule has 1 aliphatic heterocycles. The van der Waals surface area contributed by atoms with Crippen molar-refractivity contribution in [3.63, 3.8) is 0 Å². The van der Waals surface area contributed by atoms with Gasteiger partial charge in [0.15, 0.2) is 0 Å². The van der Waals surface area contributed by atoms with Crippen LogP contribution in [-0.4, -0.2) is 19.6 Å². The Morgan fingerprint density at radius 1 is 1.12 bits per heavy atom. The van der Waals surface area contributed by atoms with Crippen molar-refractivity contribution in [1.29, 1.82) is 0 Å². The number of hydrogen-bond acceptors (Lipinski definition) is 2. The first-order chi connectivity index (χ1) is 8.31. The average molecular weight is 253 g/mol. The molecule has 17 heavy (non-hydrogen) atoms. The number of anilines is 1. The van der Waals surface area contributed by atoms with Gasteiger partial charge in [-0.3, -0.25) is 0 Å². The first-order valence-electron chi connectivity index (χ1n) is 6.54. The number of benzene rings is 1. The van der Waals surface area contributed by atoms with E-state index >= 15 is 0 Å². The maximum absolute atomic E-state index is 6.12. The van der Waals surface area contributed by atoms with Crippen LogP contribution < -0.4 is 10.6 Å². The van der Waals surface area contributed by atoms with Gasteiger partial charge < -0.3 is 10.6 Å². The second-order valence-corrected chi connectivity index (χ2v) is 5.15. The minimum Gasteiger partial charge on any atom is -0.371 e. The van der Waals surface area contributed by atoms with Crippen LogP contribution in [-0.2, 0) is 6.42 Å². The third kappa shape index (κ3) is 3.36. The third-order valence-electron chi connectivity index (χ3n) is 3.41. The molecule has 94 valence electrons. The SMILES string of the molecule is NCCc1ccc(Cl)cc1N1CCCCCC1. The van der Waals surface area contributed by atoms with E-state index in [0.717, 1.165) is 24.5 Å². The number of halogens is 1. The van der Waals surface area contributed by atoms with E-state index < -0.39 is 0 Å². The topological polar surface area (TPSA) is 29.3 Å². The van der Waals surface area contributed by atoms with Crippen molar-refractivity contribution >= 4 is 17.3 Å². The highest BCUT2D eigenvalue weighted by Gasteiger charge is 2.13. The summed E-state index contributed by atoms with van der Waals surface area (Å²) in [7, 11) is 0. The van der Waals surface area contributed by atoms with E-state index in [4.69, 9.17) is 17.3 Å². The zero-order valence-electron chi connectivity index (χ0n) is 10.3. The Balaban J connectivity index is 2.23. The van der Waals surface area contributed by atoms with Crippen molar-refractivity contribution in [2.24, 2.45) is 5.73 Å². The Kier molecular flexibility index (Phi) is 4.69. The van der Waals surface area contributed by atoms with E-state index in [1.165, 1.54) is 36.9 Å². The Hall–Kier alpha value is -0.730. The fraction of sp³-hybridized carbons (Fsp3) is 0.571. The summed E-state index contributed by atoms with van der Waals surface area (Å²) < 4.78 is 0. The molecule has 0 aromatic heterocycles. The fourth-order valence-electron chi connectivity index (χ4n) is 2.51. The second-order valence-electron chi connectivity index (χ2n) is 4.71. The van der Waals surface area contributed by atoms with Crippen LogP contribution in [0, 0.1) is 0 Å². The summed E-state index contributed by atoms with van der Waals surface area (Å²) in [5, 5.41) is 0.824. The molecule has 1 heterocycles. The summed E-state index contributed by atoms with van der Waals surface area (Å²) in [6, 6.07) is 6.18. The summed E-state index contributed by atoms with van der Waals surface area (Å²) in [6.45, 7) is 3.00. The van der Waals surface area contributed by atoms with Gasteiger partial charge in [0.2, 0.25) is 0 Å². The Morgan fingerprint density at radius 3 is 2.47 bits per heavy atom. The summed E-state index contributed by atoms with van der Waals surface area (Å²) in [5.41, 5.74) is 8.30. The molecule has 2 rings (SSSR count). The highest BCUT2D eigenvalue weighted by Crippen LogP contribution is 2.27. The Bertz CT molecular complexity index is 357. The lowest BCUT2D eigenvalue weighted by molar-refractivity contribution is 0.726. The first-order valence-corrected chi connectivity index (χ1v) is 6.92. The number of hydrogen-bond donors (Lipinski definition) is 1. The van der Waals surface area contributed by atoms with Crippen molar-refractivity contribution in [3.8, 4) is 0 Å². The van der Waals surface area contributed by atoms with Crippen molar-refractivity contribution < 1.29 is 0 Å². The monoisotopic (exact) mass is 252 g/mol. The third-order valence-corrected chi connectivity index (χ3v) is 3.64. The molecule has 0 atom stereocenters. The number of nitrogens with zero attached hydrogens (tertiary/aromatic N) is 1. The first kappa shape index (κ1) is 12.7. The lowest BCUT2D eigenvalue weighted by Crippen LogP contribution is -2.25. The summed E-state index contributed by atoms with van der Waals surface area (Å²) in [4.78, 5) is 2.48. The maximum atomic E-state index is 6.12. The molecule has 0 bridgehead atoms. The van der Waals surface area contributed by atoms with Gasteiger partial charge in [-0.2, -0.15) is 0 Å². The Labute approximate surface area is 109 Å². The van der Waals surface area contributed by atoms with Gasteiger partial charge in [-0.15, -0.1) is 0 Å². The molecule has 0 saturated carbocycles. The summed E-state index contributed by atoms with van der Waals surface area (Å²) >= 11 is 6.12. The zero-order chi connectivity index (χ0) is 12.1. The largest absolute Gasteiger partial charge is 0.371 e. The normalized spacial score (nSPS) is 16.9. The van der Waals surface area contributed by atoms with Gasteiger partial charge in [-0.25, -0.2) is 0 Å². The molecule has 1 aromatic carbocycles. The molecule has 2 N–H and O–H groups in total. The van der Waals surface area contributed by atoms with Gasteiger partial charge in [-0.05, 0) is 43.5 Å². The van der Waals surface area contributed by atoms with Crippen LogP contribution in [0.1, 0.15) is 31.2 Å². The zero-order valence-corrected chi connectivity index (χ0v) is 11.0. The van der Waals surface area contributed by atoms with Crippen molar-refractivity contribution in [2.45, 2.75) is 32.1 Å². The molecule has 0 radical (unpaired) electrons. The molecular weight excluding hydrogens is 232 g/mol. The highest BCUT2D eigenvalue weighted by molar-refractivity contribution is 6.30. The van der Waals surface area contributed by atoms with E-state index in [-0.39, 0.29) is 0 Å². The minimum atomic E-state index is 0.697. The number of nitrogens with two attached hydrogens (primary N) is 1. The molecule has 1 saturated heterocycles. The van der Waals surface area contributed by atoms with Gasteiger partial charge in [-0.1, -0.05) is 30.5 Å². The predicted octanol–water partition coefficient (Wildman–Crippen LogP) is 3.22. The lowest BCUT2D eigenvalue weighted by atomic mass is 10.1. The van der Waals surface area contributed by atoms with Crippen LogP contribution in [0.5, 0.6) is 0 Å². The van der Waals surface area contributed by atoms with Crippen LogP contribution in [0.3, 0.4) is 0 Å². The Morgan fingerprint density at radius 2 is 1.82 bits per heavy atom. The van der Waals surface area contributed by atoms with Crippen LogP contribution in [0.15, 0.2) is 18.2 Å². The molecule has 0 aliphatic carbocycles. The van der Waals surface area contributed by atoms with Crippen LogP contribution in [0.4, 0.5) is 5.69 Å². The predicted molar refractivity (Wildman–Crippen MR) is 74.9 cm³/mol.